The van der Waals surface area contributed by atoms with Gasteiger partial charge in [0.2, 0.25) is 5.91 Å². The van der Waals surface area contributed by atoms with Crippen molar-refractivity contribution in [2.24, 2.45) is 5.92 Å². The van der Waals surface area contributed by atoms with Crippen LogP contribution in [0.4, 0.5) is 0 Å². The van der Waals surface area contributed by atoms with Gasteiger partial charge in [-0.2, -0.15) is 0 Å². The Morgan fingerprint density at radius 1 is 1.28 bits per heavy atom. The van der Waals surface area contributed by atoms with Crippen molar-refractivity contribution < 1.29 is 4.79 Å². The molecule has 8 heteroatoms. The van der Waals surface area contributed by atoms with E-state index in [9.17, 15) is 9.59 Å². The van der Waals surface area contributed by atoms with Crippen LogP contribution in [0.5, 0.6) is 0 Å². The number of nitrogens with zero attached hydrogens (tertiary/aromatic N) is 2. The molecule has 0 spiro atoms. The normalized spacial score (nSPS) is 12.4. The maximum Gasteiger partial charge on any atom is 0.258 e. The van der Waals surface area contributed by atoms with Crippen LogP contribution < -0.4 is 10.9 Å². The molecule has 1 unspecified atom stereocenters. The number of hydrogen-bond acceptors (Lipinski definition) is 5. The van der Waals surface area contributed by atoms with E-state index in [1.807, 2.05) is 29.6 Å². The lowest BCUT2D eigenvalue weighted by Gasteiger charge is -2.20. The number of nitrogens with one attached hydrogen (secondary N) is 1. The topological polar surface area (TPSA) is 63.5 Å². The van der Waals surface area contributed by atoms with Gasteiger partial charge in [0.05, 0.1) is 17.5 Å². The average Bonchev–Trinajstić information content (AvgIpc) is 3.15. The molecule has 1 N–H and O–H groups in total. The van der Waals surface area contributed by atoms with Crippen molar-refractivity contribution in [1.29, 1.82) is 0 Å². The SMILES string of the molecule is CC(C)CCC(NC(=O)CSCc1cc(=O)n2ccsc2n1)c1ccc(Cl)cc1. The zero-order valence-electron chi connectivity index (χ0n) is 16.4. The number of amides is 1. The molecular weight excluding hydrogens is 426 g/mol. The fourth-order valence-electron chi connectivity index (χ4n) is 2.96. The Labute approximate surface area is 183 Å². The van der Waals surface area contributed by atoms with Crippen molar-refractivity contribution in [2.75, 3.05) is 5.75 Å². The number of benzene rings is 1. The second kappa shape index (κ2) is 10.3. The van der Waals surface area contributed by atoms with Crippen LogP contribution in [0.1, 0.15) is 44.0 Å². The maximum absolute atomic E-state index is 12.5. The average molecular weight is 450 g/mol. The second-order valence-electron chi connectivity index (χ2n) is 7.28. The molecule has 3 rings (SSSR count). The van der Waals surface area contributed by atoms with Gasteiger partial charge in [0.15, 0.2) is 4.96 Å². The van der Waals surface area contributed by atoms with Crippen molar-refractivity contribution in [3.05, 3.63) is 68.5 Å². The van der Waals surface area contributed by atoms with Gasteiger partial charge in [-0.15, -0.1) is 23.1 Å². The van der Waals surface area contributed by atoms with Crippen molar-refractivity contribution in [1.82, 2.24) is 14.7 Å². The molecule has 154 valence electrons. The zero-order chi connectivity index (χ0) is 20.8. The molecule has 0 aliphatic rings. The van der Waals surface area contributed by atoms with Gasteiger partial charge in [-0.05, 0) is 36.5 Å². The summed E-state index contributed by atoms with van der Waals surface area (Å²) < 4.78 is 1.52. The maximum atomic E-state index is 12.5. The largest absolute Gasteiger partial charge is 0.349 e. The molecule has 0 fully saturated rings. The highest BCUT2D eigenvalue weighted by atomic mass is 35.5. The van der Waals surface area contributed by atoms with E-state index in [0.29, 0.717) is 33.1 Å². The molecule has 29 heavy (non-hydrogen) atoms. The van der Waals surface area contributed by atoms with Crippen molar-refractivity contribution in [3.8, 4) is 0 Å². The smallest absolute Gasteiger partial charge is 0.258 e. The van der Waals surface area contributed by atoms with Crippen LogP contribution in [0.3, 0.4) is 0 Å². The highest BCUT2D eigenvalue weighted by Gasteiger charge is 2.15. The zero-order valence-corrected chi connectivity index (χ0v) is 18.8. The van der Waals surface area contributed by atoms with Crippen LogP contribution in [0.2, 0.25) is 5.02 Å². The number of hydrogen-bond donors (Lipinski definition) is 1. The first-order valence-corrected chi connectivity index (χ1v) is 11.9. The van der Waals surface area contributed by atoms with Gasteiger partial charge in [-0.3, -0.25) is 14.0 Å². The van der Waals surface area contributed by atoms with E-state index in [-0.39, 0.29) is 17.5 Å². The summed E-state index contributed by atoms with van der Waals surface area (Å²) in [7, 11) is 0. The summed E-state index contributed by atoms with van der Waals surface area (Å²) in [5, 5.41) is 5.66. The van der Waals surface area contributed by atoms with Crippen LogP contribution in [0.25, 0.3) is 4.96 Å². The Morgan fingerprint density at radius 3 is 2.76 bits per heavy atom. The van der Waals surface area contributed by atoms with Gasteiger partial charge < -0.3 is 5.32 Å². The third-order valence-corrected chi connectivity index (χ3v) is 6.45. The summed E-state index contributed by atoms with van der Waals surface area (Å²) in [4.78, 5) is 29.7. The molecule has 5 nitrogen and oxygen atoms in total. The van der Waals surface area contributed by atoms with E-state index in [2.05, 4.69) is 24.1 Å². The number of carbonyl (C=O) groups is 1. The van der Waals surface area contributed by atoms with E-state index in [1.54, 1.807) is 6.20 Å². The summed E-state index contributed by atoms with van der Waals surface area (Å²) in [6, 6.07) is 9.14. The summed E-state index contributed by atoms with van der Waals surface area (Å²) in [5.74, 6) is 1.38. The number of thiazole rings is 1. The number of carbonyl (C=O) groups excluding carboxylic acids is 1. The van der Waals surface area contributed by atoms with Gasteiger partial charge in [0, 0.05) is 28.4 Å². The number of halogens is 1. The minimum absolute atomic E-state index is 0.0207. The summed E-state index contributed by atoms with van der Waals surface area (Å²) in [6.45, 7) is 4.35. The number of fused-ring (bicyclic) bond motifs is 1. The van der Waals surface area contributed by atoms with Gasteiger partial charge in [-0.1, -0.05) is 37.6 Å². The first-order valence-electron chi connectivity index (χ1n) is 9.50. The van der Waals surface area contributed by atoms with Crippen molar-refractivity contribution in [2.45, 2.75) is 38.5 Å². The fourth-order valence-corrected chi connectivity index (χ4v) is 4.56. The molecule has 0 radical (unpaired) electrons. The monoisotopic (exact) mass is 449 g/mol. The Kier molecular flexibility index (Phi) is 7.75. The van der Waals surface area contributed by atoms with Crippen LogP contribution in [-0.2, 0) is 10.5 Å². The molecule has 2 heterocycles. The first-order chi connectivity index (χ1) is 13.9. The standard InChI is InChI=1S/C21H24ClN3O2S2/c1-14(2)3-8-18(15-4-6-16(22)7-5-15)24-19(26)13-28-12-17-11-20(27)25-9-10-29-21(25)23-17/h4-7,9-11,14,18H,3,8,12-13H2,1-2H3,(H,24,26). The van der Waals surface area contributed by atoms with E-state index < -0.39 is 0 Å². The number of aromatic nitrogens is 2. The Balaban J connectivity index is 1.57. The van der Waals surface area contributed by atoms with Crippen molar-refractivity contribution >= 4 is 45.6 Å². The Bertz CT molecular complexity index is 1010. The molecule has 0 saturated carbocycles. The third kappa shape index (κ3) is 6.32. The highest BCUT2D eigenvalue weighted by molar-refractivity contribution is 7.99. The summed E-state index contributed by atoms with van der Waals surface area (Å²) in [5.41, 5.74) is 1.67. The number of rotatable bonds is 9. The molecule has 0 aliphatic carbocycles. The lowest BCUT2D eigenvalue weighted by Crippen LogP contribution is -2.30. The molecule has 1 aromatic carbocycles. The molecule has 1 atom stereocenters. The van der Waals surface area contributed by atoms with Crippen LogP contribution in [-0.4, -0.2) is 21.0 Å². The highest BCUT2D eigenvalue weighted by Crippen LogP contribution is 2.23. The predicted octanol–water partition coefficient (Wildman–Crippen LogP) is 4.94. The molecule has 1 amide bonds. The van der Waals surface area contributed by atoms with E-state index in [4.69, 9.17) is 11.6 Å². The summed E-state index contributed by atoms with van der Waals surface area (Å²) >= 11 is 8.88. The van der Waals surface area contributed by atoms with Gasteiger partial charge in [-0.25, -0.2) is 4.98 Å². The summed E-state index contributed by atoms with van der Waals surface area (Å²) in [6.07, 6.45) is 3.62. The molecule has 0 saturated heterocycles. The van der Waals surface area contributed by atoms with Crippen molar-refractivity contribution in [3.63, 3.8) is 0 Å². The van der Waals surface area contributed by atoms with E-state index in [0.717, 1.165) is 18.4 Å². The first kappa shape index (κ1) is 21.9. The van der Waals surface area contributed by atoms with Gasteiger partial charge >= 0.3 is 0 Å². The quantitative estimate of drug-likeness (QED) is 0.502. The fraction of sp³-hybridized carbons (Fsp3) is 0.381. The third-order valence-electron chi connectivity index (χ3n) is 4.48. The molecular formula is C21H24ClN3O2S2. The lowest BCUT2D eigenvalue weighted by atomic mass is 9.97. The van der Waals surface area contributed by atoms with Gasteiger partial charge in [0.1, 0.15) is 0 Å². The molecule has 2 aromatic heterocycles. The minimum Gasteiger partial charge on any atom is -0.349 e. The molecule has 3 aromatic rings. The molecule has 0 aliphatic heterocycles. The predicted molar refractivity (Wildman–Crippen MR) is 122 cm³/mol. The minimum atomic E-state index is -0.0900. The molecule has 0 bridgehead atoms. The van der Waals surface area contributed by atoms with Crippen LogP contribution in [0, 0.1) is 5.92 Å². The lowest BCUT2D eigenvalue weighted by molar-refractivity contribution is -0.119. The number of thioether (sulfide) groups is 1. The van der Waals surface area contributed by atoms with Crippen LogP contribution >= 0.6 is 34.7 Å². The Morgan fingerprint density at radius 2 is 2.03 bits per heavy atom. The Hall–Kier alpha value is -1.83. The van der Waals surface area contributed by atoms with E-state index >= 15 is 0 Å². The second-order valence-corrected chi connectivity index (χ2v) is 9.57. The van der Waals surface area contributed by atoms with E-state index in [1.165, 1.54) is 33.6 Å². The van der Waals surface area contributed by atoms with Crippen LogP contribution in [0.15, 0.2) is 46.7 Å². The van der Waals surface area contributed by atoms with Gasteiger partial charge in [0.25, 0.3) is 5.56 Å².